The normalized spacial score (nSPS) is 10.6. The Morgan fingerprint density at radius 3 is 2.24 bits per heavy atom. The smallest absolute Gasteiger partial charge is 0.171 e. The van der Waals surface area contributed by atoms with Gasteiger partial charge in [-0.25, -0.2) is 0 Å². The zero-order valence-electron chi connectivity index (χ0n) is 12.2. The summed E-state index contributed by atoms with van der Waals surface area (Å²) in [6.45, 7) is 2.00. The van der Waals surface area contributed by atoms with Gasteiger partial charge in [0.1, 0.15) is 0 Å². The minimum Gasteiger partial charge on any atom is -0.293 e. The van der Waals surface area contributed by atoms with Gasteiger partial charge in [0.15, 0.2) is 5.78 Å². The second-order valence-electron chi connectivity index (χ2n) is 4.76. The van der Waals surface area contributed by atoms with Gasteiger partial charge in [0, 0.05) is 12.0 Å². The number of carbonyl (C=O) groups is 1. The number of hydrogen-bond donors (Lipinski definition) is 0. The predicted molar refractivity (Wildman–Crippen MR) is 87.7 cm³/mol. The summed E-state index contributed by atoms with van der Waals surface area (Å²) < 4.78 is 0. The molecule has 0 aliphatic carbocycles. The van der Waals surface area contributed by atoms with Crippen molar-refractivity contribution in [2.75, 3.05) is 0 Å². The lowest BCUT2D eigenvalue weighted by atomic mass is 10.0. The Kier molecular flexibility index (Phi) is 5.55. The van der Waals surface area contributed by atoms with Crippen LogP contribution in [0.15, 0.2) is 66.2 Å². The fraction of sp³-hybridized carbons (Fsp3) is 0.150. The van der Waals surface area contributed by atoms with Crippen LogP contribution in [-0.2, 0) is 4.79 Å². The molecule has 0 fully saturated rings. The molecule has 0 bridgehead atoms. The van der Waals surface area contributed by atoms with E-state index in [0.717, 1.165) is 17.5 Å². The van der Waals surface area contributed by atoms with Crippen LogP contribution in [0.4, 0.5) is 0 Å². The highest BCUT2D eigenvalue weighted by atomic mass is 16.1. The first-order chi connectivity index (χ1) is 10.3. The van der Waals surface area contributed by atoms with Gasteiger partial charge in [0.2, 0.25) is 0 Å². The monoisotopic (exact) mass is 274 g/mol. The van der Waals surface area contributed by atoms with Gasteiger partial charge in [0.25, 0.3) is 0 Å². The standard InChI is InChI=1S/C20H18O/c1-2-9-20(21)19(16-18-12-7-4-8-13-18)15-14-17-10-5-3-6-11-17/h3-8,10-13,16H,2,9H2,1H3/b19-16+. The van der Waals surface area contributed by atoms with E-state index in [1.54, 1.807) is 0 Å². The van der Waals surface area contributed by atoms with Crippen LogP contribution in [0.25, 0.3) is 6.08 Å². The fourth-order valence-electron chi connectivity index (χ4n) is 1.92. The molecule has 0 N–H and O–H groups in total. The Labute approximate surface area is 126 Å². The van der Waals surface area contributed by atoms with Gasteiger partial charge in [-0.05, 0) is 30.2 Å². The Morgan fingerprint density at radius 1 is 1.00 bits per heavy atom. The maximum Gasteiger partial charge on any atom is 0.171 e. The Hall–Kier alpha value is -2.59. The third-order valence-corrected chi connectivity index (χ3v) is 3.00. The number of allylic oxidation sites excluding steroid dienone is 1. The van der Waals surface area contributed by atoms with Crippen LogP contribution in [0.3, 0.4) is 0 Å². The average molecular weight is 274 g/mol. The number of ketones is 1. The first kappa shape index (κ1) is 14.8. The molecular formula is C20H18O. The van der Waals surface area contributed by atoms with E-state index in [9.17, 15) is 4.79 Å². The first-order valence-electron chi connectivity index (χ1n) is 7.16. The molecule has 0 saturated carbocycles. The van der Waals surface area contributed by atoms with Gasteiger partial charge in [-0.3, -0.25) is 4.79 Å². The molecule has 0 radical (unpaired) electrons. The van der Waals surface area contributed by atoms with Crippen molar-refractivity contribution in [2.45, 2.75) is 19.8 Å². The van der Waals surface area contributed by atoms with Crippen molar-refractivity contribution in [1.82, 2.24) is 0 Å². The Bertz CT molecular complexity index is 670. The predicted octanol–water partition coefficient (Wildman–Crippen LogP) is 4.49. The molecule has 0 aromatic heterocycles. The summed E-state index contributed by atoms with van der Waals surface area (Å²) in [6.07, 6.45) is 3.23. The first-order valence-corrected chi connectivity index (χ1v) is 7.16. The molecule has 1 heteroatoms. The van der Waals surface area contributed by atoms with Gasteiger partial charge in [-0.15, -0.1) is 0 Å². The van der Waals surface area contributed by atoms with Gasteiger partial charge >= 0.3 is 0 Å². The van der Waals surface area contributed by atoms with Crippen LogP contribution in [-0.4, -0.2) is 5.78 Å². The summed E-state index contributed by atoms with van der Waals surface area (Å²) in [6, 6.07) is 19.5. The molecule has 1 nitrogen and oxygen atoms in total. The molecule has 2 aromatic rings. The molecule has 0 heterocycles. The van der Waals surface area contributed by atoms with Crippen molar-refractivity contribution in [3.63, 3.8) is 0 Å². The zero-order chi connectivity index (χ0) is 14.9. The molecule has 2 rings (SSSR count). The number of rotatable bonds is 4. The van der Waals surface area contributed by atoms with Crippen molar-refractivity contribution in [2.24, 2.45) is 0 Å². The minimum atomic E-state index is 0.102. The number of carbonyl (C=O) groups excluding carboxylic acids is 1. The maximum absolute atomic E-state index is 12.2. The third-order valence-electron chi connectivity index (χ3n) is 3.00. The second kappa shape index (κ2) is 7.87. The molecule has 0 atom stereocenters. The van der Waals surface area contributed by atoms with E-state index in [-0.39, 0.29) is 5.78 Å². The largest absolute Gasteiger partial charge is 0.293 e. The van der Waals surface area contributed by atoms with Crippen molar-refractivity contribution in [3.05, 3.63) is 77.4 Å². The van der Waals surface area contributed by atoms with Crippen molar-refractivity contribution in [1.29, 1.82) is 0 Å². The van der Waals surface area contributed by atoms with Crippen molar-refractivity contribution in [3.8, 4) is 11.8 Å². The van der Waals surface area contributed by atoms with Crippen LogP contribution in [0.5, 0.6) is 0 Å². The lowest BCUT2D eigenvalue weighted by molar-refractivity contribution is -0.115. The molecule has 0 aliphatic rings. The van der Waals surface area contributed by atoms with Gasteiger partial charge < -0.3 is 0 Å². The van der Waals surface area contributed by atoms with Gasteiger partial charge in [-0.1, -0.05) is 67.3 Å². The molecule has 0 aliphatic heterocycles. The van der Waals surface area contributed by atoms with Crippen molar-refractivity contribution >= 4 is 11.9 Å². The van der Waals surface area contributed by atoms with Crippen LogP contribution >= 0.6 is 0 Å². The average Bonchev–Trinajstić information content (AvgIpc) is 2.53. The molecule has 104 valence electrons. The number of benzene rings is 2. The lowest BCUT2D eigenvalue weighted by Crippen LogP contribution is -2.00. The highest BCUT2D eigenvalue weighted by molar-refractivity contribution is 6.03. The van der Waals surface area contributed by atoms with E-state index in [1.807, 2.05) is 73.7 Å². The molecule has 0 spiro atoms. The fourth-order valence-corrected chi connectivity index (χ4v) is 1.92. The van der Waals surface area contributed by atoms with Crippen LogP contribution < -0.4 is 0 Å². The van der Waals surface area contributed by atoms with E-state index in [2.05, 4.69) is 11.8 Å². The van der Waals surface area contributed by atoms with Gasteiger partial charge in [-0.2, -0.15) is 0 Å². The van der Waals surface area contributed by atoms with Crippen LogP contribution in [0.2, 0.25) is 0 Å². The Balaban J connectivity index is 2.32. The summed E-state index contributed by atoms with van der Waals surface area (Å²) in [7, 11) is 0. The lowest BCUT2D eigenvalue weighted by Gasteiger charge is -1.99. The van der Waals surface area contributed by atoms with E-state index in [1.165, 1.54) is 0 Å². The number of Topliss-reactive ketones (excluding diaryl/α,β-unsaturated/α-hetero) is 1. The summed E-state index contributed by atoms with van der Waals surface area (Å²) in [4.78, 5) is 12.2. The zero-order valence-corrected chi connectivity index (χ0v) is 12.2. The second-order valence-corrected chi connectivity index (χ2v) is 4.76. The van der Waals surface area contributed by atoms with Crippen molar-refractivity contribution < 1.29 is 4.79 Å². The maximum atomic E-state index is 12.2. The highest BCUT2D eigenvalue weighted by Crippen LogP contribution is 2.10. The molecule has 0 amide bonds. The molecular weight excluding hydrogens is 256 g/mol. The summed E-state index contributed by atoms with van der Waals surface area (Å²) in [5.74, 6) is 6.20. The summed E-state index contributed by atoms with van der Waals surface area (Å²) >= 11 is 0. The molecule has 0 unspecified atom stereocenters. The highest BCUT2D eigenvalue weighted by Gasteiger charge is 2.05. The van der Waals surface area contributed by atoms with Crippen LogP contribution in [0, 0.1) is 11.8 Å². The number of hydrogen-bond acceptors (Lipinski definition) is 1. The molecule has 0 saturated heterocycles. The quantitative estimate of drug-likeness (QED) is 0.593. The third kappa shape index (κ3) is 4.78. The van der Waals surface area contributed by atoms with E-state index in [0.29, 0.717) is 12.0 Å². The molecule has 2 aromatic carbocycles. The Morgan fingerprint density at radius 2 is 1.62 bits per heavy atom. The summed E-state index contributed by atoms with van der Waals surface area (Å²) in [5.41, 5.74) is 2.49. The minimum absolute atomic E-state index is 0.102. The van der Waals surface area contributed by atoms with Gasteiger partial charge in [0.05, 0.1) is 5.57 Å². The van der Waals surface area contributed by atoms with Crippen LogP contribution in [0.1, 0.15) is 30.9 Å². The van der Waals surface area contributed by atoms with E-state index >= 15 is 0 Å². The van der Waals surface area contributed by atoms with E-state index in [4.69, 9.17) is 0 Å². The molecule has 21 heavy (non-hydrogen) atoms. The SMILES string of the molecule is CCCC(=O)/C(C#Cc1ccccc1)=C/c1ccccc1. The van der Waals surface area contributed by atoms with E-state index < -0.39 is 0 Å². The topological polar surface area (TPSA) is 17.1 Å². The summed E-state index contributed by atoms with van der Waals surface area (Å²) in [5, 5.41) is 0.